The van der Waals surface area contributed by atoms with Gasteiger partial charge in [-0.25, -0.2) is 0 Å². The highest BCUT2D eigenvalue weighted by atomic mass is 35.5. The Morgan fingerprint density at radius 2 is 1.86 bits per heavy atom. The average molecular weight is 355 g/mol. The van der Waals surface area contributed by atoms with Gasteiger partial charge in [0.05, 0.1) is 7.11 Å². The smallest absolute Gasteiger partial charge is 0.325 e. The summed E-state index contributed by atoms with van der Waals surface area (Å²) >= 11 is 0. The van der Waals surface area contributed by atoms with E-state index in [1.165, 1.54) is 32.8 Å². The summed E-state index contributed by atoms with van der Waals surface area (Å²) in [5, 5.41) is 3.45. The highest BCUT2D eigenvalue weighted by Gasteiger charge is 2.42. The van der Waals surface area contributed by atoms with Gasteiger partial charge in [-0.05, 0) is 70.5 Å². The number of esters is 1. The van der Waals surface area contributed by atoms with Crippen molar-refractivity contribution in [1.82, 2.24) is 10.2 Å². The van der Waals surface area contributed by atoms with E-state index in [2.05, 4.69) is 17.1 Å². The predicted molar refractivity (Wildman–Crippen MR) is 95.1 cm³/mol. The van der Waals surface area contributed by atoms with Gasteiger partial charge < -0.3 is 10.1 Å². The Kier molecular flexibility index (Phi) is 9.95. The van der Waals surface area contributed by atoms with Crippen LogP contribution in [0.15, 0.2) is 0 Å². The molecule has 0 amide bonds. The quantitative estimate of drug-likeness (QED) is 0.788. The summed E-state index contributed by atoms with van der Waals surface area (Å²) in [4.78, 5) is 14.6. The predicted octanol–water partition coefficient (Wildman–Crippen LogP) is 2.88. The first-order chi connectivity index (χ1) is 9.61. The first-order valence-electron chi connectivity index (χ1n) is 8.16. The number of nitrogens with one attached hydrogen (secondary N) is 1. The van der Waals surface area contributed by atoms with E-state index in [1.54, 1.807) is 0 Å². The fourth-order valence-electron chi connectivity index (χ4n) is 3.88. The van der Waals surface area contributed by atoms with Crippen molar-refractivity contribution in [3.63, 3.8) is 0 Å². The van der Waals surface area contributed by atoms with E-state index in [-0.39, 0.29) is 30.8 Å². The van der Waals surface area contributed by atoms with Crippen LogP contribution in [0.1, 0.15) is 46.0 Å². The van der Waals surface area contributed by atoms with E-state index in [1.807, 2.05) is 6.92 Å². The van der Waals surface area contributed by atoms with Crippen LogP contribution in [0.5, 0.6) is 0 Å². The molecule has 0 aliphatic carbocycles. The Labute approximate surface area is 147 Å². The molecule has 2 fully saturated rings. The molecule has 0 saturated carbocycles. The molecule has 2 rings (SSSR count). The number of rotatable bonds is 4. The minimum absolute atomic E-state index is 0. The molecular weight excluding hydrogens is 323 g/mol. The number of ether oxygens (including phenoxy) is 1. The van der Waals surface area contributed by atoms with E-state index < -0.39 is 5.54 Å². The van der Waals surface area contributed by atoms with Gasteiger partial charge >= 0.3 is 5.97 Å². The number of halogens is 2. The minimum atomic E-state index is -0.444. The summed E-state index contributed by atoms with van der Waals surface area (Å²) in [5.74, 6) is 1.50. The largest absolute Gasteiger partial charge is 0.468 e. The number of piperidine rings is 2. The molecule has 0 aromatic carbocycles. The molecule has 6 heteroatoms. The Morgan fingerprint density at radius 3 is 2.41 bits per heavy atom. The Bertz CT molecular complexity index is 338. The normalized spacial score (nSPS) is 26.2. The van der Waals surface area contributed by atoms with Gasteiger partial charge in [-0.1, -0.05) is 6.92 Å². The lowest BCUT2D eigenvalue weighted by atomic mass is 9.78. The summed E-state index contributed by atoms with van der Waals surface area (Å²) in [7, 11) is 1.50. The fraction of sp³-hybridized carbons (Fsp3) is 0.938. The third-order valence-electron chi connectivity index (χ3n) is 5.52. The third-order valence-corrected chi connectivity index (χ3v) is 5.52. The standard InChI is InChI=1S/C16H30N2O2.2ClH/c1-4-16(2,15(19)20-3)18-11-5-6-14(12-18)13-7-9-17-10-8-13;;/h13-14,17H,4-12H2,1-3H3;2*1H. The first-order valence-corrected chi connectivity index (χ1v) is 8.16. The van der Waals surface area contributed by atoms with Gasteiger partial charge in [0.25, 0.3) is 0 Å². The molecule has 2 aliphatic heterocycles. The Hall–Kier alpha value is -0.0300. The zero-order valence-corrected chi connectivity index (χ0v) is 15.7. The second-order valence-corrected chi connectivity index (χ2v) is 6.55. The zero-order valence-electron chi connectivity index (χ0n) is 14.1. The number of carbonyl (C=O) groups excluding carboxylic acids is 1. The molecule has 0 radical (unpaired) electrons. The first kappa shape index (κ1) is 22.0. The summed E-state index contributed by atoms with van der Waals surface area (Å²) < 4.78 is 5.05. The number of nitrogens with zero attached hydrogens (tertiary/aromatic N) is 1. The number of carbonyl (C=O) groups is 1. The number of hydrogen-bond acceptors (Lipinski definition) is 4. The molecule has 0 aromatic rings. The monoisotopic (exact) mass is 354 g/mol. The van der Waals surface area contributed by atoms with Crippen molar-refractivity contribution in [3.05, 3.63) is 0 Å². The van der Waals surface area contributed by atoms with Crippen molar-refractivity contribution < 1.29 is 9.53 Å². The van der Waals surface area contributed by atoms with Crippen LogP contribution in [-0.4, -0.2) is 49.7 Å². The summed E-state index contributed by atoms with van der Waals surface area (Å²) in [6.07, 6.45) is 5.93. The second kappa shape index (κ2) is 9.96. The molecule has 0 spiro atoms. The van der Waals surface area contributed by atoms with Crippen LogP contribution >= 0.6 is 24.8 Å². The molecule has 0 bridgehead atoms. The van der Waals surface area contributed by atoms with Crippen LogP contribution in [0.2, 0.25) is 0 Å². The number of hydrogen-bond donors (Lipinski definition) is 1. The van der Waals surface area contributed by atoms with Crippen molar-refractivity contribution in [3.8, 4) is 0 Å². The van der Waals surface area contributed by atoms with Crippen LogP contribution in [0, 0.1) is 11.8 Å². The molecule has 132 valence electrons. The molecule has 1 N–H and O–H groups in total. The van der Waals surface area contributed by atoms with Crippen molar-refractivity contribution >= 4 is 30.8 Å². The van der Waals surface area contributed by atoms with Crippen LogP contribution in [-0.2, 0) is 9.53 Å². The van der Waals surface area contributed by atoms with E-state index in [4.69, 9.17) is 4.74 Å². The van der Waals surface area contributed by atoms with Crippen molar-refractivity contribution in [2.24, 2.45) is 11.8 Å². The molecule has 2 aliphatic rings. The van der Waals surface area contributed by atoms with Gasteiger partial charge in [0, 0.05) is 6.54 Å². The Morgan fingerprint density at radius 1 is 1.23 bits per heavy atom. The minimum Gasteiger partial charge on any atom is -0.468 e. The van der Waals surface area contributed by atoms with E-state index in [0.29, 0.717) is 0 Å². The van der Waals surface area contributed by atoms with Gasteiger partial charge in [-0.3, -0.25) is 9.69 Å². The molecule has 2 heterocycles. The summed E-state index contributed by atoms with van der Waals surface area (Å²) in [6, 6.07) is 0. The average Bonchev–Trinajstić information content (AvgIpc) is 2.54. The molecule has 0 aromatic heterocycles. The maximum absolute atomic E-state index is 12.2. The highest BCUT2D eigenvalue weighted by molar-refractivity contribution is 5.85. The van der Waals surface area contributed by atoms with Gasteiger partial charge in [0.2, 0.25) is 0 Å². The molecule has 4 nitrogen and oxygen atoms in total. The van der Waals surface area contributed by atoms with Crippen LogP contribution < -0.4 is 5.32 Å². The van der Waals surface area contributed by atoms with Crippen molar-refractivity contribution in [2.45, 2.75) is 51.5 Å². The van der Waals surface area contributed by atoms with Gasteiger partial charge in [0.1, 0.15) is 5.54 Å². The van der Waals surface area contributed by atoms with Gasteiger partial charge in [-0.2, -0.15) is 0 Å². The topological polar surface area (TPSA) is 41.6 Å². The maximum Gasteiger partial charge on any atom is 0.325 e. The van der Waals surface area contributed by atoms with Crippen LogP contribution in [0.25, 0.3) is 0 Å². The number of methoxy groups -OCH3 is 1. The summed E-state index contributed by atoms with van der Waals surface area (Å²) in [6.45, 7) is 8.53. The molecular formula is C16H32Cl2N2O2. The molecule has 2 saturated heterocycles. The second-order valence-electron chi connectivity index (χ2n) is 6.55. The lowest BCUT2D eigenvalue weighted by Gasteiger charge is -2.45. The van der Waals surface area contributed by atoms with Gasteiger partial charge in [-0.15, -0.1) is 24.8 Å². The molecule has 22 heavy (non-hydrogen) atoms. The summed E-state index contributed by atoms with van der Waals surface area (Å²) in [5.41, 5.74) is -0.444. The third kappa shape index (κ3) is 4.73. The van der Waals surface area contributed by atoms with Gasteiger partial charge in [0.15, 0.2) is 0 Å². The lowest BCUT2D eigenvalue weighted by molar-refractivity contribution is -0.156. The Balaban J connectivity index is 0.00000220. The lowest BCUT2D eigenvalue weighted by Crippen LogP contribution is -2.56. The van der Waals surface area contributed by atoms with E-state index >= 15 is 0 Å². The van der Waals surface area contributed by atoms with E-state index in [9.17, 15) is 4.79 Å². The maximum atomic E-state index is 12.2. The number of likely N-dealkylation sites (tertiary alicyclic amines) is 1. The SMILES string of the molecule is CCC(C)(C(=O)OC)N1CCCC(C2CCNCC2)C1.Cl.Cl. The van der Waals surface area contributed by atoms with Crippen LogP contribution in [0.4, 0.5) is 0 Å². The fourth-order valence-corrected chi connectivity index (χ4v) is 3.88. The van der Waals surface area contributed by atoms with Crippen LogP contribution in [0.3, 0.4) is 0 Å². The molecule has 2 unspecified atom stereocenters. The molecule has 2 atom stereocenters. The van der Waals surface area contributed by atoms with Crippen molar-refractivity contribution in [1.29, 1.82) is 0 Å². The van der Waals surface area contributed by atoms with E-state index in [0.717, 1.165) is 44.4 Å². The highest BCUT2D eigenvalue weighted by Crippen LogP contribution is 2.34. The zero-order chi connectivity index (χ0) is 14.6. The van der Waals surface area contributed by atoms with Crippen molar-refractivity contribution in [2.75, 3.05) is 33.3 Å².